The molecular weight excluding hydrogens is 272 g/mol. The number of hydrogen-bond acceptors (Lipinski definition) is 4. The van der Waals surface area contributed by atoms with E-state index in [1.54, 1.807) is 11.3 Å². The summed E-state index contributed by atoms with van der Waals surface area (Å²) in [4.78, 5) is 18.1. The standard InChI is InChI=1S/C15H16N2O2S/c1-10-9-20-14(16-10)8-17-6-11-4-2-3-5-12(11)13(7-17)15(18)19/h2-5,9,13H,6-8H2,1H3,(H,18,19). The van der Waals surface area contributed by atoms with E-state index < -0.39 is 11.9 Å². The predicted octanol–water partition coefficient (Wildman–Crippen LogP) is 2.64. The fraction of sp³-hybridized carbons (Fsp3) is 0.333. The molecule has 0 bridgehead atoms. The number of nitrogens with zero attached hydrogens (tertiary/aromatic N) is 2. The van der Waals surface area contributed by atoms with Gasteiger partial charge in [0.15, 0.2) is 0 Å². The molecule has 0 saturated carbocycles. The fourth-order valence-electron chi connectivity index (χ4n) is 2.68. The Balaban J connectivity index is 1.84. The average Bonchev–Trinajstić information content (AvgIpc) is 2.83. The second-order valence-corrected chi connectivity index (χ2v) is 6.08. The number of aliphatic carboxylic acids is 1. The van der Waals surface area contributed by atoms with Gasteiger partial charge in [-0.25, -0.2) is 4.98 Å². The van der Waals surface area contributed by atoms with Crippen molar-refractivity contribution in [3.05, 3.63) is 51.5 Å². The van der Waals surface area contributed by atoms with Crippen molar-refractivity contribution in [2.75, 3.05) is 6.54 Å². The van der Waals surface area contributed by atoms with Crippen molar-refractivity contribution in [2.24, 2.45) is 0 Å². The van der Waals surface area contributed by atoms with Crippen LogP contribution in [0.4, 0.5) is 0 Å². The lowest BCUT2D eigenvalue weighted by molar-refractivity contribution is -0.139. The molecular formula is C15H16N2O2S. The van der Waals surface area contributed by atoms with Gasteiger partial charge in [0.2, 0.25) is 0 Å². The molecule has 0 aliphatic carbocycles. The van der Waals surface area contributed by atoms with Crippen molar-refractivity contribution >= 4 is 17.3 Å². The van der Waals surface area contributed by atoms with Crippen LogP contribution in [-0.2, 0) is 17.9 Å². The van der Waals surface area contributed by atoms with E-state index in [0.29, 0.717) is 6.54 Å². The summed E-state index contributed by atoms with van der Waals surface area (Å²) in [5, 5.41) is 12.5. The van der Waals surface area contributed by atoms with Crippen LogP contribution >= 0.6 is 11.3 Å². The zero-order chi connectivity index (χ0) is 14.1. The van der Waals surface area contributed by atoms with Gasteiger partial charge < -0.3 is 5.11 Å². The van der Waals surface area contributed by atoms with Crippen molar-refractivity contribution in [3.8, 4) is 0 Å². The normalized spacial score (nSPS) is 18.8. The van der Waals surface area contributed by atoms with E-state index in [0.717, 1.165) is 34.9 Å². The smallest absolute Gasteiger partial charge is 0.312 e. The van der Waals surface area contributed by atoms with Gasteiger partial charge in [-0.15, -0.1) is 11.3 Å². The molecule has 1 aromatic heterocycles. The zero-order valence-corrected chi connectivity index (χ0v) is 12.1. The van der Waals surface area contributed by atoms with Gasteiger partial charge in [0, 0.05) is 24.2 Å². The Morgan fingerprint density at radius 3 is 3.00 bits per heavy atom. The van der Waals surface area contributed by atoms with E-state index in [-0.39, 0.29) is 0 Å². The van der Waals surface area contributed by atoms with Crippen LogP contribution in [0.5, 0.6) is 0 Å². The van der Waals surface area contributed by atoms with Crippen LogP contribution in [0.25, 0.3) is 0 Å². The van der Waals surface area contributed by atoms with Crippen molar-refractivity contribution in [3.63, 3.8) is 0 Å². The third-order valence-electron chi connectivity index (χ3n) is 3.59. The van der Waals surface area contributed by atoms with Crippen molar-refractivity contribution in [2.45, 2.75) is 25.9 Å². The summed E-state index contributed by atoms with van der Waals surface area (Å²) >= 11 is 1.63. The Hall–Kier alpha value is -1.72. The Bertz CT molecular complexity index is 638. The molecule has 0 saturated heterocycles. The molecule has 2 heterocycles. The highest BCUT2D eigenvalue weighted by Crippen LogP contribution is 2.29. The number of rotatable bonds is 3. The lowest BCUT2D eigenvalue weighted by atomic mass is 9.90. The maximum Gasteiger partial charge on any atom is 0.312 e. The molecule has 1 N–H and O–H groups in total. The van der Waals surface area contributed by atoms with Crippen LogP contribution < -0.4 is 0 Å². The summed E-state index contributed by atoms with van der Waals surface area (Å²) in [6.45, 7) is 4.03. The highest BCUT2D eigenvalue weighted by atomic mass is 32.1. The third kappa shape index (κ3) is 2.59. The van der Waals surface area contributed by atoms with Crippen LogP contribution in [0.3, 0.4) is 0 Å². The quantitative estimate of drug-likeness (QED) is 0.943. The molecule has 104 valence electrons. The summed E-state index contributed by atoms with van der Waals surface area (Å²) in [6, 6.07) is 7.83. The number of aryl methyl sites for hydroxylation is 1. The van der Waals surface area contributed by atoms with Gasteiger partial charge in [0.1, 0.15) is 5.01 Å². The van der Waals surface area contributed by atoms with Crippen molar-refractivity contribution in [1.82, 2.24) is 9.88 Å². The molecule has 1 aliphatic rings. The average molecular weight is 288 g/mol. The highest BCUT2D eigenvalue weighted by molar-refractivity contribution is 7.09. The van der Waals surface area contributed by atoms with Gasteiger partial charge in [-0.3, -0.25) is 9.69 Å². The molecule has 2 aromatic rings. The molecule has 4 nitrogen and oxygen atoms in total. The van der Waals surface area contributed by atoms with Crippen LogP contribution in [0.2, 0.25) is 0 Å². The molecule has 0 fully saturated rings. The van der Waals surface area contributed by atoms with Crippen LogP contribution in [0.15, 0.2) is 29.6 Å². The zero-order valence-electron chi connectivity index (χ0n) is 11.2. The minimum absolute atomic E-state index is 0.444. The maximum absolute atomic E-state index is 11.5. The highest BCUT2D eigenvalue weighted by Gasteiger charge is 2.30. The summed E-state index contributed by atoms with van der Waals surface area (Å²) in [7, 11) is 0. The van der Waals surface area contributed by atoms with Crippen molar-refractivity contribution in [1.29, 1.82) is 0 Å². The summed E-state index contributed by atoms with van der Waals surface area (Å²) < 4.78 is 0. The molecule has 0 spiro atoms. The second kappa shape index (κ2) is 5.34. The largest absolute Gasteiger partial charge is 0.481 e. The van der Waals surface area contributed by atoms with E-state index in [9.17, 15) is 9.90 Å². The lowest BCUT2D eigenvalue weighted by Crippen LogP contribution is -2.36. The van der Waals surface area contributed by atoms with Crippen LogP contribution in [0, 0.1) is 6.92 Å². The first-order chi connectivity index (χ1) is 9.63. The number of carboxylic acid groups (broad SMARTS) is 1. The molecule has 0 amide bonds. The molecule has 1 aliphatic heterocycles. The topological polar surface area (TPSA) is 53.4 Å². The molecule has 5 heteroatoms. The Morgan fingerprint density at radius 2 is 2.30 bits per heavy atom. The molecule has 20 heavy (non-hydrogen) atoms. The molecule has 1 atom stereocenters. The minimum atomic E-state index is -0.752. The number of fused-ring (bicyclic) bond motifs is 1. The first-order valence-electron chi connectivity index (χ1n) is 6.57. The number of carbonyl (C=O) groups is 1. The van der Waals surface area contributed by atoms with E-state index in [4.69, 9.17) is 0 Å². The number of aromatic nitrogens is 1. The Labute approximate surface area is 121 Å². The van der Waals surface area contributed by atoms with Crippen molar-refractivity contribution < 1.29 is 9.90 Å². The maximum atomic E-state index is 11.5. The molecule has 1 unspecified atom stereocenters. The van der Waals surface area contributed by atoms with E-state index >= 15 is 0 Å². The van der Waals surface area contributed by atoms with Crippen LogP contribution in [-0.4, -0.2) is 27.5 Å². The monoisotopic (exact) mass is 288 g/mol. The van der Waals surface area contributed by atoms with Gasteiger partial charge in [0.25, 0.3) is 0 Å². The van der Waals surface area contributed by atoms with Gasteiger partial charge in [-0.1, -0.05) is 24.3 Å². The predicted molar refractivity (Wildman–Crippen MR) is 77.8 cm³/mol. The SMILES string of the molecule is Cc1csc(CN2Cc3ccccc3C(C(=O)O)C2)n1. The minimum Gasteiger partial charge on any atom is -0.481 e. The summed E-state index contributed by atoms with van der Waals surface area (Å²) in [5.41, 5.74) is 3.09. The van der Waals surface area contributed by atoms with Gasteiger partial charge in [-0.2, -0.15) is 0 Å². The Kier molecular flexibility index (Phi) is 3.54. The van der Waals surface area contributed by atoms with E-state index in [1.165, 1.54) is 0 Å². The summed E-state index contributed by atoms with van der Waals surface area (Å²) in [6.07, 6.45) is 0. The first-order valence-corrected chi connectivity index (χ1v) is 7.45. The number of benzene rings is 1. The fourth-order valence-corrected chi connectivity index (χ4v) is 3.49. The van der Waals surface area contributed by atoms with Gasteiger partial charge in [-0.05, 0) is 18.1 Å². The number of hydrogen-bond donors (Lipinski definition) is 1. The first kappa shape index (κ1) is 13.3. The van der Waals surface area contributed by atoms with Gasteiger partial charge >= 0.3 is 5.97 Å². The van der Waals surface area contributed by atoms with E-state index in [1.807, 2.05) is 36.6 Å². The number of carboxylic acids is 1. The molecule has 1 aromatic carbocycles. The second-order valence-electron chi connectivity index (χ2n) is 5.14. The van der Waals surface area contributed by atoms with Crippen LogP contribution in [0.1, 0.15) is 27.7 Å². The van der Waals surface area contributed by atoms with E-state index in [2.05, 4.69) is 9.88 Å². The van der Waals surface area contributed by atoms with Gasteiger partial charge in [0.05, 0.1) is 12.5 Å². The lowest BCUT2D eigenvalue weighted by Gasteiger charge is -2.32. The molecule has 3 rings (SSSR count). The Morgan fingerprint density at radius 1 is 1.50 bits per heavy atom. The number of thiazole rings is 1. The molecule has 0 radical (unpaired) electrons. The third-order valence-corrected chi connectivity index (χ3v) is 4.54. The summed E-state index contributed by atoms with van der Waals surface area (Å²) in [5.74, 6) is -1.20.